The largest absolute Gasteiger partial charge is 0.312 e. The zero-order valence-electron chi connectivity index (χ0n) is 10.9. The van der Waals surface area contributed by atoms with Crippen molar-refractivity contribution in [1.29, 1.82) is 0 Å². The first kappa shape index (κ1) is 14.4. The van der Waals surface area contributed by atoms with Crippen molar-refractivity contribution >= 4 is 26.0 Å². The maximum atomic E-state index is 13.9. The summed E-state index contributed by atoms with van der Waals surface area (Å²) in [5.74, 6) is -0.362. The van der Waals surface area contributed by atoms with Gasteiger partial charge in [0.2, 0.25) is 10.0 Å². The number of hydrogen-bond acceptors (Lipinski definition) is 3. The van der Waals surface area contributed by atoms with E-state index in [0.717, 1.165) is 19.4 Å². The minimum absolute atomic E-state index is 0.206. The molecule has 2 heterocycles. The van der Waals surface area contributed by atoms with Crippen LogP contribution in [-0.2, 0) is 10.0 Å². The van der Waals surface area contributed by atoms with E-state index in [9.17, 15) is 12.8 Å². The third-order valence-electron chi connectivity index (χ3n) is 4.08. The Morgan fingerprint density at radius 1 is 1.35 bits per heavy atom. The van der Waals surface area contributed by atoms with Gasteiger partial charge in [0.15, 0.2) is 0 Å². The molecule has 2 aliphatic rings. The van der Waals surface area contributed by atoms with E-state index in [2.05, 4.69) is 21.2 Å². The van der Waals surface area contributed by atoms with Gasteiger partial charge in [-0.05, 0) is 43.5 Å². The van der Waals surface area contributed by atoms with Gasteiger partial charge in [0.25, 0.3) is 0 Å². The predicted octanol–water partition coefficient (Wildman–Crippen LogP) is 1.96. The van der Waals surface area contributed by atoms with E-state index in [1.165, 1.54) is 16.4 Å². The highest BCUT2D eigenvalue weighted by atomic mass is 79.9. The summed E-state index contributed by atoms with van der Waals surface area (Å²) in [6.45, 7) is 1.85. The molecule has 0 saturated carbocycles. The summed E-state index contributed by atoms with van der Waals surface area (Å²) in [7, 11) is -3.75. The zero-order valence-corrected chi connectivity index (χ0v) is 13.3. The fourth-order valence-corrected chi connectivity index (χ4v) is 4.93. The van der Waals surface area contributed by atoms with Crippen LogP contribution < -0.4 is 5.32 Å². The molecule has 0 spiro atoms. The van der Waals surface area contributed by atoms with Crippen molar-refractivity contribution < 1.29 is 12.8 Å². The summed E-state index contributed by atoms with van der Waals surface area (Å²) < 4.78 is 41.0. The van der Waals surface area contributed by atoms with E-state index in [-0.39, 0.29) is 10.9 Å². The van der Waals surface area contributed by atoms with Gasteiger partial charge in [0.05, 0.1) is 0 Å². The molecule has 1 N–H and O–H groups in total. The molecule has 0 amide bonds. The normalized spacial score (nSPS) is 27.5. The van der Waals surface area contributed by atoms with E-state index in [4.69, 9.17) is 0 Å². The highest BCUT2D eigenvalue weighted by Gasteiger charge is 2.40. The lowest BCUT2D eigenvalue weighted by atomic mass is 9.94. The maximum absolute atomic E-state index is 13.9. The van der Waals surface area contributed by atoms with Gasteiger partial charge in [0.1, 0.15) is 10.7 Å². The Morgan fingerprint density at radius 2 is 2.15 bits per heavy atom. The molecule has 20 heavy (non-hydrogen) atoms. The number of sulfonamides is 1. The molecule has 2 saturated heterocycles. The van der Waals surface area contributed by atoms with Crippen LogP contribution in [0.3, 0.4) is 0 Å². The molecule has 2 atom stereocenters. The molecule has 0 aromatic heterocycles. The molecule has 110 valence electrons. The second kappa shape index (κ2) is 5.36. The van der Waals surface area contributed by atoms with Crippen molar-refractivity contribution in [3.05, 3.63) is 28.5 Å². The molecule has 0 aliphatic carbocycles. The molecule has 2 aliphatic heterocycles. The Labute approximate surface area is 126 Å². The molecular weight excluding hydrogens is 347 g/mol. The van der Waals surface area contributed by atoms with Crippen molar-refractivity contribution in [2.45, 2.75) is 23.8 Å². The van der Waals surface area contributed by atoms with Gasteiger partial charge < -0.3 is 5.32 Å². The number of rotatable bonds is 2. The standard InChI is InChI=1S/C13H16BrFN2O2S/c14-10-3-4-13(11(15)6-10)20(18,19)17-7-9-2-1-5-16-12(9)8-17/h3-4,6,9,12,16H,1-2,5,7-8H2. The predicted molar refractivity (Wildman–Crippen MR) is 77.4 cm³/mol. The van der Waals surface area contributed by atoms with Gasteiger partial charge in [-0.15, -0.1) is 0 Å². The SMILES string of the molecule is O=S(=O)(c1ccc(Br)cc1F)N1CC2CCCNC2C1. The quantitative estimate of drug-likeness (QED) is 0.874. The summed E-state index contributed by atoms with van der Waals surface area (Å²) in [6.07, 6.45) is 2.11. The first-order valence-electron chi connectivity index (χ1n) is 6.67. The van der Waals surface area contributed by atoms with Crippen LogP contribution in [0.5, 0.6) is 0 Å². The van der Waals surface area contributed by atoms with Crippen LogP contribution in [0.25, 0.3) is 0 Å². The van der Waals surface area contributed by atoms with Crippen LogP contribution in [0.2, 0.25) is 0 Å². The number of nitrogens with zero attached hydrogens (tertiary/aromatic N) is 1. The molecule has 7 heteroatoms. The van der Waals surface area contributed by atoms with Crippen LogP contribution in [0.15, 0.2) is 27.6 Å². The number of benzene rings is 1. The second-order valence-electron chi connectivity index (χ2n) is 5.36. The minimum Gasteiger partial charge on any atom is -0.312 e. The van der Waals surface area contributed by atoms with Gasteiger partial charge in [-0.1, -0.05) is 15.9 Å². The minimum atomic E-state index is -3.75. The molecular formula is C13H16BrFN2O2S. The Bertz CT molecular complexity index is 609. The van der Waals surface area contributed by atoms with Crippen LogP contribution in [-0.4, -0.2) is 38.4 Å². The Kier molecular flexibility index (Phi) is 3.87. The topological polar surface area (TPSA) is 49.4 Å². The Hall–Kier alpha value is -0.500. The number of halogens is 2. The fourth-order valence-electron chi connectivity index (χ4n) is 3.03. The van der Waals surface area contributed by atoms with E-state index in [0.29, 0.717) is 23.5 Å². The van der Waals surface area contributed by atoms with Gasteiger partial charge in [-0.25, -0.2) is 12.8 Å². The number of piperidine rings is 1. The smallest absolute Gasteiger partial charge is 0.246 e. The molecule has 2 fully saturated rings. The average Bonchev–Trinajstić information content (AvgIpc) is 2.82. The average molecular weight is 363 g/mol. The summed E-state index contributed by atoms with van der Waals surface area (Å²) >= 11 is 3.14. The lowest BCUT2D eigenvalue weighted by molar-refractivity contribution is 0.339. The maximum Gasteiger partial charge on any atom is 0.246 e. The lowest BCUT2D eigenvalue weighted by Gasteiger charge is -2.24. The molecule has 4 nitrogen and oxygen atoms in total. The van der Waals surface area contributed by atoms with Gasteiger partial charge in [-0.2, -0.15) is 4.31 Å². The molecule has 2 unspecified atom stereocenters. The van der Waals surface area contributed by atoms with Crippen LogP contribution in [0.1, 0.15) is 12.8 Å². The van der Waals surface area contributed by atoms with E-state index >= 15 is 0 Å². The first-order valence-corrected chi connectivity index (χ1v) is 8.90. The van der Waals surface area contributed by atoms with Crippen LogP contribution >= 0.6 is 15.9 Å². The van der Waals surface area contributed by atoms with Crippen molar-refractivity contribution in [1.82, 2.24) is 9.62 Å². The first-order chi connectivity index (χ1) is 9.48. The fraction of sp³-hybridized carbons (Fsp3) is 0.538. The number of hydrogen-bond donors (Lipinski definition) is 1. The lowest BCUT2D eigenvalue weighted by Crippen LogP contribution is -2.41. The monoisotopic (exact) mass is 362 g/mol. The Morgan fingerprint density at radius 3 is 2.85 bits per heavy atom. The zero-order chi connectivity index (χ0) is 14.3. The van der Waals surface area contributed by atoms with E-state index < -0.39 is 15.8 Å². The van der Waals surface area contributed by atoms with Crippen LogP contribution in [0, 0.1) is 11.7 Å². The third-order valence-corrected chi connectivity index (χ3v) is 6.44. The van der Waals surface area contributed by atoms with E-state index in [1.54, 1.807) is 6.07 Å². The van der Waals surface area contributed by atoms with Crippen molar-refractivity contribution in [2.24, 2.45) is 5.92 Å². The van der Waals surface area contributed by atoms with Crippen molar-refractivity contribution in [2.75, 3.05) is 19.6 Å². The van der Waals surface area contributed by atoms with Gasteiger partial charge in [0, 0.05) is 23.6 Å². The summed E-state index contributed by atoms with van der Waals surface area (Å²) in [4.78, 5) is -0.237. The Balaban J connectivity index is 1.89. The molecule has 3 rings (SSSR count). The van der Waals surface area contributed by atoms with Crippen molar-refractivity contribution in [3.63, 3.8) is 0 Å². The third kappa shape index (κ3) is 2.52. The van der Waals surface area contributed by atoms with Gasteiger partial charge >= 0.3 is 0 Å². The summed E-state index contributed by atoms with van der Waals surface area (Å²) in [5.41, 5.74) is 0. The molecule has 1 aromatic rings. The van der Waals surface area contributed by atoms with Crippen molar-refractivity contribution in [3.8, 4) is 0 Å². The summed E-state index contributed by atoms with van der Waals surface area (Å²) in [5, 5.41) is 3.35. The van der Waals surface area contributed by atoms with E-state index in [1.807, 2.05) is 0 Å². The number of fused-ring (bicyclic) bond motifs is 1. The van der Waals surface area contributed by atoms with Gasteiger partial charge in [-0.3, -0.25) is 0 Å². The molecule has 0 bridgehead atoms. The van der Waals surface area contributed by atoms with Crippen LogP contribution in [0.4, 0.5) is 4.39 Å². The molecule has 1 aromatic carbocycles. The highest BCUT2D eigenvalue weighted by Crippen LogP contribution is 2.30. The second-order valence-corrected chi connectivity index (χ2v) is 8.18. The molecule has 0 radical (unpaired) electrons. The summed E-state index contributed by atoms with van der Waals surface area (Å²) in [6, 6.07) is 4.27. The highest BCUT2D eigenvalue weighted by molar-refractivity contribution is 9.10. The number of nitrogens with one attached hydrogen (secondary N) is 1.